The maximum Gasteiger partial charge on any atom is 0.0492 e. The van der Waals surface area contributed by atoms with E-state index in [1.807, 2.05) is 17.9 Å². The van der Waals surface area contributed by atoms with E-state index in [0.29, 0.717) is 6.04 Å². The summed E-state index contributed by atoms with van der Waals surface area (Å²) in [5.41, 5.74) is 1.30. The van der Waals surface area contributed by atoms with E-state index in [-0.39, 0.29) is 0 Å². The number of aromatic nitrogens is 2. The molecule has 2 rings (SSSR count). The average Bonchev–Trinajstić information content (AvgIpc) is 2.72. The van der Waals surface area contributed by atoms with Gasteiger partial charge in [-0.25, -0.2) is 0 Å². The Morgan fingerprint density at radius 1 is 1.50 bits per heavy atom. The largest absolute Gasteiger partial charge is 0.299 e. The standard InChI is InChI=1S/C12H20ClN3/c1-15-11(5-7-14-15)6-9-16-8-3-2-4-12(16)10-13/h5,7,12H,2-4,6,8-10H2,1H3. The molecule has 1 aromatic rings. The molecule has 0 radical (unpaired) electrons. The van der Waals surface area contributed by atoms with Gasteiger partial charge in [-0.2, -0.15) is 5.10 Å². The van der Waals surface area contributed by atoms with Crippen molar-refractivity contribution >= 4 is 11.6 Å². The third-order valence-electron chi connectivity index (χ3n) is 3.50. The summed E-state index contributed by atoms with van der Waals surface area (Å²) in [6, 6.07) is 2.68. The predicted octanol–water partition coefficient (Wildman–Crippen LogP) is 2.06. The second kappa shape index (κ2) is 5.69. The Labute approximate surface area is 102 Å². The van der Waals surface area contributed by atoms with Crippen molar-refractivity contribution in [3.05, 3.63) is 18.0 Å². The molecule has 1 saturated heterocycles. The summed E-state index contributed by atoms with van der Waals surface area (Å²) in [7, 11) is 2.00. The highest BCUT2D eigenvalue weighted by atomic mass is 35.5. The molecule has 0 saturated carbocycles. The van der Waals surface area contributed by atoms with Crippen molar-refractivity contribution in [3.63, 3.8) is 0 Å². The fourth-order valence-electron chi connectivity index (χ4n) is 2.43. The highest BCUT2D eigenvalue weighted by molar-refractivity contribution is 6.18. The summed E-state index contributed by atoms with van der Waals surface area (Å²) < 4.78 is 1.96. The van der Waals surface area contributed by atoms with Gasteiger partial charge in [-0.1, -0.05) is 6.42 Å². The van der Waals surface area contributed by atoms with Gasteiger partial charge in [-0.3, -0.25) is 9.58 Å². The van der Waals surface area contributed by atoms with Gasteiger partial charge < -0.3 is 0 Å². The van der Waals surface area contributed by atoms with Crippen LogP contribution in [-0.4, -0.2) is 39.7 Å². The molecule has 1 aromatic heterocycles. The maximum atomic E-state index is 6.01. The number of rotatable bonds is 4. The normalized spacial score (nSPS) is 22.5. The quantitative estimate of drug-likeness (QED) is 0.753. The van der Waals surface area contributed by atoms with E-state index < -0.39 is 0 Å². The van der Waals surface area contributed by atoms with Crippen LogP contribution in [0.4, 0.5) is 0 Å². The summed E-state index contributed by atoms with van der Waals surface area (Å²) in [6.07, 6.45) is 6.85. The summed E-state index contributed by atoms with van der Waals surface area (Å²) in [6.45, 7) is 2.31. The lowest BCUT2D eigenvalue weighted by molar-refractivity contribution is 0.164. The van der Waals surface area contributed by atoms with Gasteiger partial charge in [0.2, 0.25) is 0 Å². The number of alkyl halides is 1. The Morgan fingerprint density at radius 2 is 2.38 bits per heavy atom. The summed E-state index contributed by atoms with van der Waals surface area (Å²) >= 11 is 6.01. The molecule has 0 amide bonds. The molecule has 16 heavy (non-hydrogen) atoms. The van der Waals surface area contributed by atoms with Crippen LogP contribution in [0, 0.1) is 0 Å². The average molecular weight is 242 g/mol. The molecule has 3 nitrogen and oxygen atoms in total. The van der Waals surface area contributed by atoms with Gasteiger partial charge in [0.25, 0.3) is 0 Å². The first-order valence-electron chi connectivity index (χ1n) is 6.08. The minimum absolute atomic E-state index is 0.587. The molecule has 2 heterocycles. The molecule has 90 valence electrons. The van der Waals surface area contributed by atoms with E-state index in [2.05, 4.69) is 16.1 Å². The lowest BCUT2D eigenvalue weighted by Gasteiger charge is -2.34. The Hall–Kier alpha value is -0.540. The van der Waals surface area contributed by atoms with Crippen LogP contribution in [0.3, 0.4) is 0 Å². The van der Waals surface area contributed by atoms with Crippen LogP contribution in [-0.2, 0) is 13.5 Å². The van der Waals surface area contributed by atoms with E-state index in [4.69, 9.17) is 11.6 Å². The highest BCUT2D eigenvalue weighted by Gasteiger charge is 2.21. The molecular formula is C12H20ClN3. The van der Waals surface area contributed by atoms with Gasteiger partial charge >= 0.3 is 0 Å². The first kappa shape index (κ1) is 11.9. The van der Waals surface area contributed by atoms with Crippen LogP contribution in [0.1, 0.15) is 25.0 Å². The summed E-state index contributed by atoms with van der Waals surface area (Å²) in [5, 5.41) is 4.19. The fraction of sp³-hybridized carbons (Fsp3) is 0.750. The van der Waals surface area contributed by atoms with Crippen molar-refractivity contribution in [2.45, 2.75) is 31.7 Å². The van der Waals surface area contributed by atoms with Gasteiger partial charge in [-0.05, 0) is 25.5 Å². The van der Waals surface area contributed by atoms with Crippen LogP contribution in [0.25, 0.3) is 0 Å². The van der Waals surface area contributed by atoms with E-state index in [1.54, 1.807) is 0 Å². The van der Waals surface area contributed by atoms with Crippen molar-refractivity contribution in [3.8, 4) is 0 Å². The Kier molecular flexibility index (Phi) is 4.24. The fourth-order valence-corrected chi connectivity index (χ4v) is 2.78. The van der Waals surface area contributed by atoms with Crippen molar-refractivity contribution < 1.29 is 0 Å². The Morgan fingerprint density at radius 3 is 3.06 bits per heavy atom. The lowest BCUT2D eigenvalue weighted by atomic mass is 10.0. The third kappa shape index (κ3) is 2.77. The second-order valence-corrected chi connectivity index (χ2v) is 4.84. The number of hydrogen-bond acceptors (Lipinski definition) is 2. The number of nitrogens with zero attached hydrogens (tertiary/aromatic N) is 3. The third-order valence-corrected chi connectivity index (χ3v) is 3.86. The summed E-state index contributed by atoms with van der Waals surface area (Å²) in [4.78, 5) is 2.53. The number of likely N-dealkylation sites (tertiary alicyclic amines) is 1. The summed E-state index contributed by atoms with van der Waals surface area (Å²) in [5.74, 6) is 0.769. The molecule has 4 heteroatoms. The monoisotopic (exact) mass is 241 g/mol. The smallest absolute Gasteiger partial charge is 0.0492 e. The molecule has 0 aliphatic carbocycles. The molecule has 0 aromatic carbocycles. The Balaban J connectivity index is 1.86. The zero-order chi connectivity index (χ0) is 11.4. The van der Waals surface area contributed by atoms with E-state index >= 15 is 0 Å². The topological polar surface area (TPSA) is 21.1 Å². The van der Waals surface area contributed by atoms with Crippen LogP contribution in [0.5, 0.6) is 0 Å². The molecule has 1 fully saturated rings. The van der Waals surface area contributed by atoms with Crippen LogP contribution < -0.4 is 0 Å². The minimum atomic E-state index is 0.587. The number of aryl methyl sites for hydroxylation is 1. The van der Waals surface area contributed by atoms with Gasteiger partial charge in [0.1, 0.15) is 0 Å². The van der Waals surface area contributed by atoms with Gasteiger partial charge in [-0.15, -0.1) is 11.6 Å². The zero-order valence-corrected chi connectivity index (χ0v) is 10.7. The molecular weight excluding hydrogens is 222 g/mol. The van der Waals surface area contributed by atoms with Gasteiger partial charge in [0.05, 0.1) is 0 Å². The molecule has 1 unspecified atom stereocenters. The van der Waals surface area contributed by atoms with Crippen LogP contribution in [0.15, 0.2) is 12.3 Å². The zero-order valence-electron chi connectivity index (χ0n) is 9.90. The first-order valence-corrected chi connectivity index (χ1v) is 6.61. The van der Waals surface area contributed by atoms with Crippen molar-refractivity contribution in [2.75, 3.05) is 19.0 Å². The molecule has 1 aliphatic heterocycles. The van der Waals surface area contributed by atoms with Gasteiger partial charge in [0.15, 0.2) is 0 Å². The highest BCUT2D eigenvalue weighted by Crippen LogP contribution is 2.18. The first-order chi connectivity index (χ1) is 7.81. The lowest BCUT2D eigenvalue weighted by Crippen LogP contribution is -2.41. The van der Waals surface area contributed by atoms with Crippen LogP contribution >= 0.6 is 11.6 Å². The molecule has 0 bridgehead atoms. The SMILES string of the molecule is Cn1nccc1CCN1CCCCC1CCl. The van der Waals surface area contributed by atoms with Crippen LogP contribution in [0.2, 0.25) is 0 Å². The molecule has 1 atom stereocenters. The van der Waals surface area contributed by atoms with E-state index in [9.17, 15) is 0 Å². The van der Waals surface area contributed by atoms with Crippen molar-refractivity contribution in [2.24, 2.45) is 7.05 Å². The van der Waals surface area contributed by atoms with Crippen molar-refractivity contribution in [1.82, 2.24) is 14.7 Å². The van der Waals surface area contributed by atoms with E-state index in [0.717, 1.165) is 18.8 Å². The number of halogens is 1. The van der Waals surface area contributed by atoms with E-state index in [1.165, 1.54) is 31.5 Å². The number of hydrogen-bond donors (Lipinski definition) is 0. The molecule has 1 aliphatic rings. The maximum absolute atomic E-state index is 6.01. The molecule has 0 spiro atoms. The molecule has 0 N–H and O–H groups in total. The van der Waals surface area contributed by atoms with Gasteiger partial charge in [0, 0.05) is 43.8 Å². The Bertz CT molecular complexity index is 324. The number of piperidine rings is 1. The minimum Gasteiger partial charge on any atom is -0.299 e. The van der Waals surface area contributed by atoms with Crippen molar-refractivity contribution in [1.29, 1.82) is 0 Å². The second-order valence-electron chi connectivity index (χ2n) is 4.54. The predicted molar refractivity (Wildman–Crippen MR) is 66.8 cm³/mol.